The molecule has 0 atom stereocenters. The molecule has 0 aliphatic heterocycles. The first kappa shape index (κ1) is 13.7. The number of ether oxygens (including phenoxy) is 1. The second-order valence-corrected chi connectivity index (χ2v) is 3.83. The SMILES string of the molecule is N#Cc1cnc(Oc2ccccc2C(F)(F)F)c(N)c1. The molecule has 2 rings (SSSR count). The van der Waals surface area contributed by atoms with E-state index in [0.29, 0.717) is 0 Å². The molecule has 0 amide bonds. The normalized spacial score (nSPS) is 10.9. The number of hydrogen-bond acceptors (Lipinski definition) is 4. The molecule has 2 N–H and O–H groups in total. The van der Waals surface area contributed by atoms with E-state index in [1.165, 1.54) is 30.5 Å². The van der Waals surface area contributed by atoms with Crippen molar-refractivity contribution in [1.29, 1.82) is 5.26 Å². The fourth-order valence-electron chi connectivity index (χ4n) is 1.51. The Kier molecular flexibility index (Phi) is 3.48. The van der Waals surface area contributed by atoms with Crippen molar-refractivity contribution in [2.45, 2.75) is 6.18 Å². The van der Waals surface area contributed by atoms with Crippen LogP contribution in [0.15, 0.2) is 36.5 Å². The third-order valence-electron chi connectivity index (χ3n) is 2.41. The number of benzene rings is 1. The molecule has 0 spiro atoms. The topological polar surface area (TPSA) is 71.9 Å². The molecule has 0 bridgehead atoms. The molecule has 1 aromatic heterocycles. The van der Waals surface area contributed by atoms with Gasteiger partial charge < -0.3 is 10.5 Å². The first-order chi connectivity index (χ1) is 9.41. The van der Waals surface area contributed by atoms with Crippen LogP contribution >= 0.6 is 0 Å². The van der Waals surface area contributed by atoms with Crippen molar-refractivity contribution in [3.63, 3.8) is 0 Å². The van der Waals surface area contributed by atoms with E-state index in [1.54, 1.807) is 0 Å². The molecule has 102 valence electrons. The molecule has 0 radical (unpaired) electrons. The lowest BCUT2D eigenvalue weighted by atomic mass is 10.2. The number of anilines is 1. The van der Waals surface area contributed by atoms with Crippen LogP contribution in [0.4, 0.5) is 18.9 Å². The lowest BCUT2D eigenvalue weighted by Gasteiger charge is -2.13. The van der Waals surface area contributed by atoms with Gasteiger partial charge in [0.05, 0.1) is 16.8 Å². The van der Waals surface area contributed by atoms with Crippen LogP contribution in [0.3, 0.4) is 0 Å². The maximum atomic E-state index is 12.8. The van der Waals surface area contributed by atoms with E-state index in [4.69, 9.17) is 15.7 Å². The van der Waals surface area contributed by atoms with Gasteiger partial charge in [0.25, 0.3) is 0 Å². The smallest absolute Gasteiger partial charge is 0.419 e. The van der Waals surface area contributed by atoms with Crippen LogP contribution < -0.4 is 10.5 Å². The molecule has 4 nitrogen and oxygen atoms in total. The molecular formula is C13H8F3N3O. The lowest BCUT2D eigenvalue weighted by Crippen LogP contribution is -2.07. The molecular weight excluding hydrogens is 271 g/mol. The Morgan fingerprint density at radius 2 is 1.95 bits per heavy atom. The highest BCUT2D eigenvalue weighted by Gasteiger charge is 2.34. The Bertz CT molecular complexity index is 677. The Morgan fingerprint density at radius 1 is 1.25 bits per heavy atom. The van der Waals surface area contributed by atoms with Crippen LogP contribution in [0, 0.1) is 11.3 Å². The average Bonchev–Trinajstić information content (AvgIpc) is 2.40. The number of nitrogens with zero attached hydrogens (tertiary/aromatic N) is 2. The Morgan fingerprint density at radius 3 is 2.55 bits per heavy atom. The van der Waals surface area contributed by atoms with Crippen LogP contribution in [0.25, 0.3) is 0 Å². The zero-order chi connectivity index (χ0) is 14.8. The number of aromatic nitrogens is 1. The maximum Gasteiger partial charge on any atom is 0.419 e. The van der Waals surface area contributed by atoms with Crippen LogP contribution in [-0.4, -0.2) is 4.98 Å². The third-order valence-corrected chi connectivity index (χ3v) is 2.41. The van der Waals surface area contributed by atoms with Crippen LogP contribution in [0.2, 0.25) is 0 Å². The van der Waals surface area contributed by atoms with Gasteiger partial charge in [0, 0.05) is 6.20 Å². The summed E-state index contributed by atoms with van der Waals surface area (Å²) < 4.78 is 43.5. The largest absolute Gasteiger partial charge is 0.436 e. The predicted molar refractivity (Wildman–Crippen MR) is 64.9 cm³/mol. The number of nitrogens with two attached hydrogens (primary N) is 1. The quantitative estimate of drug-likeness (QED) is 0.915. The average molecular weight is 279 g/mol. The molecule has 20 heavy (non-hydrogen) atoms. The monoisotopic (exact) mass is 279 g/mol. The summed E-state index contributed by atoms with van der Waals surface area (Å²) in [7, 11) is 0. The summed E-state index contributed by atoms with van der Waals surface area (Å²) >= 11 is 0. The molecule has 1 heterocycles. The minimum atomic E-state index is -4.54. The molecule has 2 aromatic rings. The van der Waals surface area contributed by atoms with Crippen LogP contribution in [-0.2, 0) is 6.18 Å². The van der Waals surface area contributed by atoms with Crippen molar-refractivity contribution in [2.75, 3.05) is 5.73 Å². The van der Waals surface area contributed by atoms with E-state index in [-0.39, 0.29) is 17.1 Å². The number of halogens is 3. The summed E-state index contributed by atoms with van der Waals surface area (Å²) in [6, 6.07) is 7.82. The number of nitrogen functional groups attached to an aromatic ring is 1. The van der Waals surface area contributed by atoms with Gasteiger partial charge in [-0.25, -0.2) is 4.98 Å². The molecule has 0 fully saturated rings. The van der Waals surface area contributed by atoms with Gasteiger partial charge in [0.1, 0.15) is 11.8 Å². The predicted octanol–water partition coefficient (Wildman–Crippen LogP) is 3.35. The van der Waals surface area contributed by atoms with Crippen LogP contribution in [0.1, 0.15) is 11.1 Å². The Balaban J connectivity index is 2.39. The second kappa shape index (κ2) is 5.09. The molecule has 0 unspecified atom stereocenters. The first-order valence-electron chi connectivity index (χ1n) is 5.41. The summed E-state index contributed by atoms with van der Waals surface area (Å²) in [6.07, 6.45) is -3.38. The van der Waals surface area contributed by atoms with Crippen molar-refractivity contribution in [2.24, 2.45) is 0 Å². The highest BCUT2D eigenvalue weighted by atomic mass is 19.4. The highest BCUT2D eigenvalue weighted by Crippen LogP contribution is 2.38. The zero-order valence-corrected chi connectivity index (χ0v) is 9.98. The molecule has 0 aliphatic rings. The number of rotatable bonds is 2. The minimum Gasteiger partial charge on any atom is -0.436 e. The van der Waals surface area contributed by atoms with E-state index in [9.17, 15) is 13.2 Å². The van der Waals surface area contributed by atoms with Gasteiger partial charge in [-0.15, -0.1) is 0 Å². The number of alkyl halides is 3. The van der Waals surface area contributed by atoms with Gasteiger partial charge in [-0.3, -0.25) is 0 Å². The van der Waals surface area contributed by atoms with Gasteiger partial charge >= 0.3 is 6.18 Å². The van der Waals surface area contributed by atoms with E-state index >= 15 is 0 Å². The fraction of sp³-hybridized carbons (Fsp3) is 0.0769. The van der Waals surface area contributed by atoms with Crippen LogP contribution in [0.5, 0.6) is 11.6 Å². The van der Waals surface area contributed by atoms with E-state index < -0.39 is 17.5 Å². The highest BCUT2D eigenvalue weighted by molar-refractivity contribution is 5.54. The number of pyridine rings is 1. The van der Waals surface area contributed by atoms with Gasteiger partial charge in [-0.1, -0.05) is 12.1 Å². The molecule has 0 saturated carbocycles. The van der Waals surface area contributed by atoms with Gasteiger partial charge in [-0.2, -0.15) is 18.4 Å². The van der Waals surface area contributed by atoms with Crippen molar-refractivity contribution in [1.82, 2.24) is 4.98 Å². The van der Waals surface area contributed by atoms with E-state index in [2.05, 4.69) is 4.98 Å². The minimum absolute atomic E-state index is 0.0129. The van der Waals surface area contributed by atoms with Crippen molar-refractivity contribution in [3.8, 4) is 17.7 Å². The molecule has 0 saturated heterocycles. The van der Waals surface area contributed by atoms with E-state index in [0.717, 1.165) is 6.07 Å². The summed E-state index contributed by atoms with van der Waals surface area (Å²) in [5, 5.41) is 8.66. The zero-order valence-electron chi connectivity index (χ0n) is 9.98. The van der Waals surface area contributed by atoms with Gasteiger partial charge in [-0.05, 0) is 18.2 Å². The van der Waals surface area contributed by atoms with Gasteiger partial charge in [0.2, 0.25) is 5.88 Å². The number of para-hydroxylation sites is 1. The second-order valence-electron chi connectivity index (χ2n) is 3.83. The Hall–Kier alpha value is -2.75. The fourth-order valence-corrected chi connectivity index (χ4v) is 1.51. The molecule has 0 aliphatic carbocycles. The van der Waals surface area contributed by atoms with Gasteiger partial charge in [0.15, 0.2) is 0 Å². The Labute approximate surface area is 112 Å². The first-order valence-corrected chi connectivity index (χ1v) is 5.41. The maximum absolute atomic E-state index is 12.8. The summed E-state index contributed by atoms with van der Waals surface area (Å²) in [5.41, 5.74) is 4.84. The number of nitriles is 1. The van der Waals surface area contributed by atoms with Crippen molar-refractivity contribution < 1.29 is 17.9 Å². The summed E-state index contributed by atoms with van der Waals surface area (Å²) in [4.78, 5) is 3.73. The summed E-state index contributed by atoms with van der Waals surface area (Å²) in [6.45, 7) is 0. The third kappa shape index (κ3) is 2.80. The van der Waals surface area contributed by atoms with Crippen molar-refractivity contribution in [3.05, 3.63) is 47.7 Å². The molecule has 7 heteroatoms. The lowest BCUT2D eigenvalue weighted by molar-refractivity contribution is -0.138. The standard InChI is InChI=1S/C13H8F3N3O/c14-13(15,16)9-3-1-2-4-11(9)20-12-10(18)5-8(6-17)7-19-12/h1-5,7H,18H2. The van der Waals surface area contributed by atoms with E-state index in [1.807, 2.05) is 6.07 Å². The molecule has 1 aromatic carbocycles. The summed E-state index contributed by atoms with van der Waals surface area (Å²) in [5.74, 6) is -0.579. The number of hydrogen-bond donors (Lipinski definition) is 1. The van der Waals surface area contributed by atoms with Crippen molar-refractivity contribution >= 4 is 5.69 Å².